The van der Waals surface area contributed by atoms with Crippen molar-refractivity contribution in [2.24, 2.45) is 0 Å². The maximum atomic E-state index is 6.34. The van der Waals surface area contributed by atoms with Crippen LogP contribution in [0, 0.1) is 6.92 Å². The lowest BCUT2D eigenvalue weighted by Gasteiger charge is -2.49. The van der Waals surface area contributed by atoms with Gasteiger partial charge in [-0.2, -0.15) is 0 Å². The lowest BCUT2D eigenvalue weighted by Crippen LogP contribution is -2.53. The van der Waals surface area contributed by atoms with Crippen LogP contribution in [0.25, 0.3) is 11.1 Å². The molecule has 2 unspecified atom stereocenters. The molecule has 0 amide bonds. The monoisotopic (exact) mass is 757 g/mol. The second kappa shape index (κ2) is 12.6. The largest absolute Gasteiger partial charge is 0.453 e. The van der Waals surface area contributed by atoms with Gasteiger partial charge in [0, 0.05) is 31.8 Å². The fourth-order valence-corrected chi connectivity index (χ4v) is 12.0. The predicted octanol–water partition coefficient (Wildman–Crippen LogP) is 12.6. The molecule has 0 spiro atoms. The fraction of sp³-hybridized carbons (Fsp3) is 0.102. The van der Waals surface area contributed by atoms with Gasteiger partial charge in [0.15, 0.2) is 18.8 Å². The highest BCUT2D eigenvalue weighted by molar-refractivity contribution is 8.03. The zero-order valence-electron chi connectivity index (χ0n) is 30.9. The Hall–Kier alpha value is -5.76. The summed E-state index contributed by atoms with van der Waals surface area (Å²) in [6, 6.07) is 46.8. The van der Waals surface area contributed by atoms with E-state index in [0.717, 1.165) is 48.7 Å². The van der Waals surface area contributed by atoms with Gasteiger partial charge in [-0.25, -0.2) is 0 Å². The van der Waals surface area contributed by atoms with Gasteiger partial charge in [-0.05, 0) is 115 Å². The van der Waals surface area contributed by atoms with Crippen LogP contribution in [0.1, 0.15) is 18.4 Å². The van der Waals surface area contributed by atoms with Gasteiger partial charge in [0.2, 0.25) is 0 Å². The van der Waals surface area contributed by atoms with Gasteiger partial charge in [-0.3, -0.25) is 0 Å². The van der Waals surface area contributed by atoms with Crippen molar-refractivity contribution in [1.82, 2.24) is 0 Å². The molecule has 0 aromatic heterocycles. The SMILES string of the molecule is Cc1cccc2c1N(c1cc(-c3ccc(N4c5ccccc5Oc5ccccc54)cc3)cc3c1BC1=CC=CC4Sc5ccccc5N3C14)C1=C(CCC=C1)S2. The molecule has 6 aromatic rings. The highest BCUT2D eigenvalue weighted by Crippen LogP contribution is 2.55. The van der Waals surface area contributed by atoms with E-state index in [1.807, 2.05) is 47.8 Å². The number of allylic oxidation sites excluding steroid dienone is 5. The van der Waals surface area contributed by atoms with Gasteiger partial charge < -0.3 is 19.4 Å². The molecule has 268 valence electrons. The summed E-state index contributed by atoms with van der Waals surface area (Å²) in [6.07, 6.45) is 14.0. The Morgan fingerprint density at radius 3 is 2.25 bits per heavy atom. The quantitative estimate of drug-likeness (QED) is 0.166. The number of aryl methyl sites for hydroxylation is 1. The first-order chi connectivity index (χ1) is 27.7. The number of nitrogens with zero attached hydrogens (tertiary/aromatic N) is 3. The third-order valence-corrected chi connectivity index (χ3v) is 14.4. The molecule has 6 aliphatic rings. The molecule has 56 heavy (non-hydrogen) atoms. The summed E-state index contributed by atoms with van der Waals surface area (Å²) in [6.45, 7) is 2.27. The molecule has 0 radical (unpaired) electrons. The van der Waals surface area contributed by atoms with Gasteiger partial charge in [-0.1, -0.05) is 102 Å². The van der Waals surface area contributed by atoms with Crippen LogP contribution >= 0.6 is 23.5 Å². The van der Waals surface area contributed by atoms with Gasteiger partial charge in [-0.15, -0.1) is 11.8 Å². The third kappa shape index (κ3) is 4.90. The Labute approximate surface area is 336 Å². The van der Waals surface area contributed by atoms with E-state index in [1.165, 1.54) is 70.8 Å². The average Bonchev–Trinajstić information content (AvgIpc) is 3.24. The van der Waals surface area contributed by atoms with E-state index >= 15 is 0 Å². The van der Waals surface area contributed by atoms with E-state index in [9.17, 15) is 0 Å². The summed E-state index contributed by atoms with van der Waals surface area (Å²) in [5.74, 6) is 1.72. The molecule has 2 atom stereocenters. The number of hydrogen-bond donors (Lipinski definition) is 0. The first-order valence-electron chi connectivity index (χ1n) is 19.5. The van der Waals surface area contributed by atoms with Gasteiger partial charge in [0.25, 0.3) is 0 Å². The Balaban J connectivity index is 1.08. The van der Waals surface area contributed by atoms with Crippen molar-refractivity contribution in [2.75, 3.05) is 14.7 Å². The van der Waals surface area contributed by atoms with Crippen LogP contribution in [0.15, 0.2) is 184 Å². The number of benzene rings is 6. The van der Waals surface area contributed by atoms with Crippen LogP contribution in [0.5, 0.6) is 11.5 Å². The van der Waals surface area contributed by atoms with E-state index in [4.69, 9.17) is 4.74 Å². The summed E-state index contributed by atoms with van der Waals surface area (Å²) in [4.78, 5) is 11.7. The van der Waals surface area contributed by atoms with Crippen LogP contribution in [0.3, 0.4) is 0 Å². The van der Waals surface area contributed by atoms with Crippen molar-refractivity contribution in [1.29, 1.82) is 0 Å². The molecule has 0 bridgehead atoms. The van der Waals surface area contributed by atoms with Crippen LogP contribution in [-0.2, 0) is 0 Å². The fourth-order valence-electron chi connectivity index (χ4n) is 9.45. The molecule has 4 aliphatic heterocycles. The van der Waals surface area contributed by atoms with Crippen molar-refractivity contribution < 1.29 is 4.74 Å². The van der Waals surface area contributed by atoms with Crippen LogP contribution < -0.4 is 24.9 Å². The summed E-state index contributed by atoms with van der Waals surface area (Å²) in [7, 11) is 0.918. The number of para-hydroxylation sites is 6. The number of ether oxygens (including phenoxy) is 1. The summed E-state index contributed by atoms with van der Waals surface area (Å²) in [5.41, 5.74) is 16.3. The van der Waals surface area contributed by atoms with Crippen molar-refractivity contribution in [2.45, 2.75) is 40.8 Å². The van der Waals surface area contributed by atoms with E-state index in [1.54, 1.807) is 0 Å². The molecular weight excluding hydrogens is 722 g/mol. The number of anilines is 7. The normalized spacial score (nSPS) is 19.3. The number of rotatable bonds is 3. The predicted molar refractivity (Wildman–Crippen MR) is 237 cm³/mol. The lowest BCUT2D eigenvalue weighted by atomic mass is 9.55. The minimum Gasteiger partial charge on any atom is -0.453 e. The van der Waals surface area contributed by atoms with Gasteiger partial charge in [0.1, 0.15) is 0 Å². The minimum atomic E-state index is 0.273. The third-order valence-electron chi connectivity index (χ3n) is 11.9. The summed E-state index contributed by atoms with van der Waals surface area (Å²) < 4.78 is 6.34. The Kier molecular flexibility index (Phi) is 7.33. The number of fused-ring (bicyclic) bond motifs is 7. The zero-order chi connectivity index (χ0) is 36.9. The van der Waals surface area contributed by atoms with Crippen LogP contribution in [0.4, 0.5) is 39.8 Å². The first-order valence-corrected chi connectivity index (χ1v) is 21.2. The molecule has 6 aromatic carbocycles. The van der Waals surface area contributed by atoms with Gasteiger partial charge in [0.05, 0.1) is 39.7 Å². The van der Waals surface area contributed by atoms with Crippen molar-refractivity contribution in [3.8, 4) is 22.6 Å². The van der Waals surface area contributed by atoms with Gasteiger partial charge >= 0.3 is 0 Å². The Morgan fingerprint density at radius 2 is 1.43 bits per heavy atom. The second-order valence-corrected chi connectivity index (χ2v) is 17.5. The minimum absolute atomic E-state index is 0.273. The van der Waals surface area contributed by atoms with E-state index < -0.39 is 0 Å². The average molecular weight is 758 g/mol. The molecule has 0 N–H and O–H groups in total. The number of thioether (sulfide) groups is 2. The molecule has 4 nitrogen and oxygen atoms in total. The maximum absolute atomic E-state index is 6.34. The first kappa shape index (κ1) is 32.5. The van der Waals surface area contributed by atoms with Crippen LogP contribution in [0.2, 0.25) is 0 Å². The molecule has 0 fully saturated rings. The number of hydrogen-bond acceptors (Lipinski definition) is 6. The molecule has 12 rings (SSSR count). The molecule has 7 heteroatoms. The van der Waals surface area contributed by atoms with E-state index in [0.29, 0.717) is 5.25 Å². The molecule has 4 heterocycles. The molecule has 0 saturated heterocycles. The highest BCUT2D eigenvalue weighted by Gasteiger charge is 2.44. The van der Waals surface area contributed by atoms with E-state index in [2.05, 4.69) is 155 Å². The van der Waals surface area contributed by atoms with Crippen molar-refractivity contribution >= 4 is 76.1 Å². The molecule has 2 aliphatic carbocycles. The maximum Gasteiger partial charge on any atom is 0.195 e. The highest BCUT2D eigenvalue weighted by atomic mass is 32.2. The Morgan fingerprint density at radius 1 is 0.696 bits per heavy atom. The lowest BCUT2D eigenvalue weighted by molar-refractivity contribution is 0.477. The summed E-state index contributed by atoms with van der Waals surface area (Å²) >= 11 is 3.97. The topological polar surface area (TPSA) is 19.0 Å². The molecule has 0 saturated carbocycles. The van der Waals surface area contributed by atoms with Crippen molar-refractivity contribution in [3.05, 3.63) is 179 Å². The molecular formula is C49H36BN3OS2. The standard InChI is InChI=1S/C49H36BN3OS2/c1-30-12-10-22-45-48(30)52(37-16-4-8-20-43(37)55-45)39-28-32(29-40-47(39)50-34-13-11-23-46-49(34)53(40)38-17-5-9-21-44(38)56-46)31-24-26-33(27-25-31)51-35-14-2-6-18-41(35)54-42-19-7-3-15-36(42)51/h2-7,9-19,21-29,46,49-50H,8,20H2,1H3. The van der Waals surface area contributed by atoms with E-state index in [-0.39, 0.29) is 6.04 Å². The smallest absolute Gasteiger partial charge is 0.195 e. The van der Waals surface area contributed by atoms with Crippen LogP contribution in [-0.4, -0.2) is 18.6 Å². The zero-order valence-corrected chi connectivity index (χ0v) is 32.5. The summed E-state index contributed by atoms with van der Waals surface area (Å²) in [5, 5.41) is 0.355. The second-order valence-electron chi connectivity index (χ2n) is 15.2. The Bertz CT molecular complexity index is 2720. The van der Waals surface area contributed by atoms with Crippen molar-refractivity contribution in [3.63, 3.8) is 0 Å².